The van der Waals surface area contributed by atoms with Crippen LogP contribution in [0.25, 0.3) is 0 Å². The summed E-state index contributed by atoms with van der Waals surface area (Å²) < 4.78 is 6.00. The van der Waals surface area contributed by atoms with Crippen LogP contribution in [-0.2, 0) is 6.42 Å². The van der Waals surface area contributed by atoms with E-state index >= 15 is 0 Å². The van der Waals surface area contributed by atoms with Crippen LogP contribution in [-0.4, -0.2) is 11.2 Å². The molecule has 0 radical (unpaired) electrons. The van der Waals surface area contributed by atoms with Crippen molar-refractivity contribution < 1.29 is 9.94 Å². The summed E-state index contributed by atoms with van der Waals surface area (Å²) in [5, 5.41) is 10.0. The predicted molar refractivity (Wildman–Crippen MR) is 73.7 cm³/mol. The first-order valence-electron chi connectivity index (χ1n) is 6.17. The van der Waals surface area contributed by atoms with Crippen molar-refractivity contribution in [2.45, 2.75) is 18.6 Å². The van der Waals surface area contributed by atoms with Gasteiger partial charge in [0.05, 0.1) is 6.04 Å². The second kappa shape index (κ2) is 5.21. The summed E-state index contributed by atoms with van der Waals surface area (Å²) in [6.45, 7) is 0. The summed E-state index contributed by atoms with van der Waals surface area (Å²) in [5.74, 6) is 0.824. The molecule has 19 heavy (non-hydrogen) atoms. The molecule has 1 heterocycles. The van der Waals surface area contributed by atoms with Crippen LogP contribution < -0.4 is 10.2 Å². The fourth-order valence-electron chi connectivity index (χ4n) is 2.44. The second-order valence-electron chi connectivity index (χ2n) is 4.64. The molecular weight excluding hydrogens is 262 g/mol. The third-order valence-electron chi connectivity index (χ3n) is 3.38. The minimum atomic E-state index is -0.208. The lowest BCUT2D eigenvalue weighted by molar-refractivity contribution is 0.0405. The number of hydrogen-bond donors (Lipinski definition) is 2. The normalized spacial score (nSPS) is 21.6. The van der Waals surface area contributed by atoms with Gasteiger partial charge in [-0.15, -0.1) is 0 Å². The lowest BCUT2D eigenvalue weighted by atomic mass is 9.93. The van der Waals surface area contributed by atoms with Gasteiger partial charge in [0, 0.05) is 5.02 Å². The maximum atomic E-state index is 9.35. The van der Waals surface area contributed by atoms with Gasteiger partial charge in [-0.05, 0) is 35.7 Å². The first-order chi connectivity index (χ1) is 9.28. The highest BCUT2D eigenvalue weighted by Crippen LogP contribution is 2.36. The summed E-state index contributed by atoms with van der Waals surface area (Å²) in [5.41, 5.74) is 4.39. The molecule has 0 unspecified atom stereocenters. The number of benzene rings is 2. The summed E-state index contributed by atoms with van der Waals surface area (Å²) in [7, 11) is 0. The van der Waals surface area contributed by atoms with Gasteiger partial charge in [0.25, 0.3) is 0 Å². The molecule has 0 saturated carbocycles. The molecule has 3 nitrogen and oxygen atoms in total. The molecule has 0 aliphatic carbocycles. The Morgan fingerprint density at radius 3 is 2.68 bits per heavy atom. The minimum Gasteiger partial charge on any atom is -0.484 e. The third kappa shape index (κ3) is 2.45. The van der Waals surface area contributed by atoms with Crippen LogP contribution in [0, 0.1) is 0 Å². The molecule has 0 bridgehead atoms. The molecule has 1 aliphatic rings. The van der Waals surface area contributed by atoms with Gasteiger partial charge in [0.1, 0.15) is 11.9 Å². The third-order valence-corrected chi connectivity index (χ3v) is 3.61. The van der Waals surface area contributed by atoms with E-state index in [0.29, 0.717) is 11.4 Å². The molecule has 2 atom stereocenters. The fraction of sp³-hybridized carbons (Fsp3) is 0.200. The Labute approximate surface area is 116 Å². The largest absolute Gasteiger partial charge is 0.484 e. The number of nitrogens with one attached hydrogen (secondary N) is 1. The van der Waals surface area contributed by atoms with Crippen molar-refractivity contribution in [3.63, 3.8) is 0 Å². The van der Waals surface area contributed by atoms with Gasteiger partial charge in [-0.25, -0.2) is 0 Å². The zero-order chi connectivity index (χ0) is 13.2. The van der Waals surface area contributed by atoms with E-state index in [1.54, 1.807) is 0 Å². The van der Waals surface area contributed by atoms with E-state index in [4.69, 9.17) is 16.3 Å². The molecule has 0 saturated heterocycles. The quantitative estimate of drug-likeness (QED) is 0.826. The molecule has 2 aromatic rings. The van der Waals surface area contributed by atoms with Crippen LogP contribution in [0.5, 0.6) is 5.75 Å². The lowest BCUT2D eigenvalue weighted by Gasteiger charge is -2.33. The van der Waals surface area contributed by atoms with Crippen molar-refractivity contribution in [2.24, 2.45) is 0 Å². The van der Waals surface area contributed by atoms with Crippen molar-refractivity contribution in [1.82, 2.24) is 5.48 Å². The molecular formula is C15H14ClNO2. The molecule has 0 amide bonds. The van der Waals surface area contributed by atoms with Gasteiger partial charge in [-0.2, -0.15) is 5.48 Å². The lowest BCUT2D eigenvalue weighted by Crippen LogP contribution is -2.40. The van der Waals surface area contributed by atoms with Crippen molar-refractivity contribution >= 4 is 11.6 Å². The summed E-state index contributed by atoms with van der Waals surface area (Å²) >= 11 is 5.98. The molecule has 2 aromatic carbocycles. The van der Waals surface area contributed by atoms with Gasteiger partial charge in [-0.1, -0.05) is 41.9 Å². The van der Waals surface area contributed by atoms with Crippen molar-refractivity contribution in [1.29, 1.82) is 0 Å². The van der Waals surface area contributed by atoms with Crippen LogP contribution in [0.4, 0.5) is 0 Å². The first-order valence-corrected chi connectivity index (χ1v) is 6.55. The van der Waals surface area contributed by atoms with Crippen LogP contribution in [0.15, 0.2) is 48.5 Å². The van der Waals surface area contributed by atoms with E-state index in [1.165, 1.54) is 0 Å². The minimum absolute atomic E-state index is 0.187. The highest BCUT2D eigenvalue weighted by molar-refractivity contribution is 6.30. The molecule has 98 valence electrons. The van der Waals surface area contributed by atoms with Gasteiger partial charge in [0.15, 0.2) is 0 Å². The van der Waals surface area contributed by atoms with Crippen LogP contribution >= 0.6 is 11.6 Å². The molecule has 1 aliphatic heterocycles. The van der Waals surface area contributed by atoms with E-state index in [0.717, 1.165) is 16.9 Å². The van der Waals surface area contributed by atoms with E-state index < -0.39 is 0 Å². The second-order valence-corrected chi connectivity index (χ2v) is 5.08. The topological polar surface area (TPSA) is 41.5 Å². The Morgan fingerprint density at radius 2 is 1.95 bits per heavy atom. The number of hydroxylamine groups is 1. The average molecular weight is 276 g/mol. The SMILES string of the molecule is ON[C@H]1Cc2cc(Cl)ccc2O[C@H]1c1ccccc1. The fourth-order valence-corrected chi connectivity index (χ4v) is 2.64. The highest BCUT2D eigenvalue weighted by atomic mass is 35.5. The Kier molecular flexibility index (Phi) is 3.42. The van der Waals surface area contributed by atoms with Crippen molar-refractivity contribution in [2.75, 3.05) is 0 Å². The molecule has 4 heteroatoms. The van der Waals surface area contributed by atoms with E-state index in [2.05, 4.69) is 5.48 Å². The Balaban J connectivity index is 1.96. The van der Waals surface area contributed by atoms with Crippen LogP contribution in [0.2, 0.25) is 5.02 Å². The predicted octanol–water partition coefficient (Wildman–Crippen LogP) is 3.36. The van der Waals surface area contributed by atoms with Gasteiger partial charge < -0.3 is 9.94 Å². The average Bonchev–Trinajstić information content (AvgIpc) is 2.46. The Hall–Kier alpha value is -1.55. The number of hydrogen-bond acceptors (Lipinski definition) is 3. The smallest absolute Gasteiger partial charge is 0.142 e. The molecule has 3 rings (SSSR count). The Bertz CT molecular complexity index is 574. The van der Waals surface area contributed by atoms with Gasteiger partial charge in [-0.3, -0.25) is 0 Å². The standard InChI is InChI=1S/C15H14ClNO2/c16-12-6-7-14-11(8-12)9-13(17-18)15(19-14)10-4-2-1-3-5-10/h1-8,13,15,17-18H,9H2/t13-,15-/m0/s1. The number of fused-ring (bicyclic) bond motifs is 1. The molecule has 0 fully saturated rings. The van der Waals surface area contributed by atoms with E-state index in [1.807, 2.05) is 48.5 Å². The number of halogens is 1. The number of rotatable bonds is 2. The maximum Gasteiger partial charge on any atom is 0.142 e. The van der Waals surface area contributed by atoms with E-state index in [9.17, 15) is 5.21 Å². The van der Waals surface area contributed by atoms with Crippen LogP contribution in [0.1, 0.15) is 17.2 Å². The highest BCUT2D eigenvalue weighted by Gasteiger charge is 2.30. The summed E-state index contributed by atoms with van der Waals surface area (Å²) in [4.78, 5) is 0. The van der Waals surface area contributed by atoms with Gasteiger partial charge in [0.2, 0.25) is 0 Å². The maximum absolute atomic E-state index is 9.35. The molecule has 2 N–H and O–H groups in total. The van der Waals surface area contributed by atoms with Crippen molar-refractivity contribution in [3.05, 3.63) is 64.7 Å². The molecule has 0 aromatic heterocycles. The van der Waals surface area contributed by atoms with Crippen molar-refractivity contribution in [3.8, 4) is 5.75 Å². The monoisotopic (exact) mass is 275 g/mol. The van der Waals surface area contributed by atoms with E-state index in [-0.39, 0.29) is 12.1 Å². The first kappa shape index (κ1) is 12.5. The zero-order valence-electron chi connectivity index (χ0n) is 10.2. The zero-order valence-corrected chi connectivity index (χ0v) is 11.0. The van der Waals surface area contributed by atoms with Crippen LogP contribution in [0.3, 0.4) is 0 Å². The van der Waals surface area contributed by atoms with Gasteiger partial charge >= 0.3 is 0 Å². The number of ether oxygens (including phenoxy) is 1. The molecule has 0 spiro atoms. The summed E-state index contributed by atoms with van der Waals surface area (Å²) in [6.07, 6.45) is 0.464. The summed E-state index contributed by atoms with van der Waals surface area (Å²) in [6, 6.07) is 15.3. The Morgan fingerprint density at radius 1 is 1.16 bits per heavy atom.